The number of carbonyl (C=O) groups excluding carboxylic acids is 1. The first kappa shape index (κ1) is 12.8. The number of hydrogen-bond acceptors (Lipinski definition) is 2. The van der Waals surface area contributed by atoms with Gasteiger partial charge in [0.05, 0.1) is 0 Å². The van der Waals surface area contributed by atoms with Crippen molar-refractivity contribution in [2.24, 2.45) is 0 Å². The topological polar surface area (TPSA) is 26.3 Å². The SMILES string of the molecule is CCC(C)(OC)C(=O)c1ccc2ccccc2c1. The summed E-state index contributed by atoms with van der Waals surface area (Å²) in [6.45, 7) is 3.80. The first-order valence-electron chi connectivity index (χ1n) is 6.19. The third kappa shape index (κ3) is 2.16. The van der Waals surface area contributed by atoms with E-state index in [1.54, 1.807) is 7.11 Å². The molecular formula is C16H18O2. The van der Waals surface area contributed by atoms with E-state index in [4.69, 9.17) is 4.74 Å². The lowest BCUT2D eigenvalue weighted by Gasteiger charge is -2.25. The van der Waals surface area contributed by atoms with E-state index < -0.39 is 5.60 Å². The number of ether oxygens (including phenoxy) is 1. The summed E-state index contributed by atoms with van der Waals surface area (Å²) in [6.07, 6.45) is 0.662. The molecule has 0 aliphatic rings. The number of rotatable bonds is 4. The van der Waals surface area contributed by atoms with Crippen LogP contribution in [0, 0.1) is 0 Å². The van der Waals surface area contributed by atoms with Gasteiger partial charge in [-0.1, -0.05) is 43.3 Å². The Morgan fingerprint density at radius 2 is 1.83 bits per heavy atom. The van der Waals surface area contributed by atoms with Gasteiger partial charge in [0.25, 0.3) is 0 Å². The van der Waals surface area contributed by atoms with Gasteiger partial charge in [0.1, 0.15) is 5.60 Å². The molecule has 0 aliphatic heterocycles. The Bertz CT molecular complexity index is 568. The predicted molar refractivity (Wildman–Crippen MR) is 74.0 cm³/mol. The van der Waals surface area contributed by atoms with Crippen molar-refractivity contribution in [3.8, 4) is 0 Å². The van der Waals surface area contributed by atoms with Gasteiger partial charge in [-0.3, -0.25) is 4.79 Å². The highest BCUT2D eigenvalue weighted by Crippen LogP contribution is 2.23. The molecule has 0 spiro atoms. The fourth-order valence-corrected chi connectivity index (χ4v) is 2.03. The molecular weight excluding hydrogens is 224 g/mol. The highest BCUT2D eigenvalue weighted by molar-refractivity contribution is 6.04. The monoisotopic (exact) mass is 242 g/mol. The zero-order chi connectivity index (χ0) is 13.2. The molecule has 0 aliphatic carbocycles. The van der Waals surface area contributed by atoms with Gasteiger partial charge in [-0.05, 0) is 30.2 Å². The van der Waals surface area contributed by atoms with Crippen LogP contribution in [-0.2, 0) is 4.74 Å². The van der Waals surface area contributed by atoms with Crippen molar-refractivity contribution < 1.29 is 9.53 Å². The summed E-state index contributed by atoms with van der Waals surface area (Å²) in [6, 6.07) is 13.8. The fraction of sp³-hybridized carbons (Fsp3) is 0.312. The molecule has 0 saturated heterocycles. The van der Waals surface area contributed by atoms with Crippen LogP contribution >= 0.6 is 0 Å². The number of fused-ring (bicyclic) bond motifs is 1. The summed E-state index contributed by atoms with van der Waals surface area (Å²) in [4.78, 5) is 12.4. The number of hydrogen-bond donors (Lipinski definition) is 0. The first-order chi connectivity index (χ1) is 8.60. The van der Waals surface area contributed by atoms with E-state index in [1.807, 2.05) is 56.3 Å². The average Bonchev–Trinajstić information content (AvgIpc) is 2.45. The second kappa shape index (κ2) is 4.91. The Kier molecular flexibility index (Phi) is 3.48. The van der Waals surface area contributed by atoms with Crippen molar-refractivity contribution in [3.05, 3.63) is 48.0 Å². The molecule has 1 unspecified atom stereocenters. The van der Waals surface area contributed by atoms with Gasteiger partial charge in [0.2, 0.25) is 0 Å². The van der Waals surface area contributed by atoms with Gasteiger partial charge in [-0.2, -0.15) is 0 Å². The number of carbonyl (C=O) groups is 1. The minimum Gasteiger partial charge on any atom is -0.370 e. The summed E-state index contributed by atoms with van der Waals surface area (Å²) in [5, 5.41) is 2.22. The molecule has 0 radical (unpaired) electrons. The van der Waals surface area contributed by atoms with E-state index in [0.717, 1.165) is 10.8 Å². The summed E-state index contributed by atoms with van der Waals surface area (Å²) in [7, 11) is 1.59. The van der Waals surface area contributed by atoms with Crippen molar-refractivity contribution in [1.82, 2.24) is 0 Å². The van der Waals surface area contributed by atoms with Crippen LogP contribution < -0.4 is 0 Å². The quantitative estimate of drug-likeness (QED) is 0.761. The second-order valence-electron chi connectivity index (χ2n) is 4.68. The summed E-state index contributed by atoms with van der Waals surface area (Å²) < 4.78 is 5.37. The van der Waals surface area contributed by atoms with Crippen molar-refractivity contribution in [2.75, 3.05) is 7.11 Å². The average molecular weight is 242 g/mol. The van der Waals surface area contributed by atoms with Gasteiger partial charge >= 0.3 is 0 Å². The van der Waals surface area contributed by atoms with Crippen LogP contribution in [0.15, 0.2) is 42.5 Å². The maximum absolute atomic E-state index is 12.4. The van der Waals surface area contributed by atoms with Gasteiger partial charge < -0.3 is 4.74 Å². The van der Waals surface area contributed by atoms with Crippen LogP contribution in [0.3, 0.4) is 0 Å². The lowest BCUT2D eigenvalue weighted by atomic mass is 9.91. The Labute approximate surface area is 108 Å². The molecule has 2 aromatic rings. The molecule has 0 fully saturated rings. The molecule has 94 valence electrons. The molecule has 0 N–H and O–H groups in total. The Morgan fingerprint density at radius 1 is 1.17 bits per heavy atom. The molecule has 0 aromatic heterocycles. The fourth-order valence-electron chi connectivity index (χ4n) is 2.03. The smallest absolute Gasteiger partial charge is 0.194 e. The molecule has 0 bridgehead atoms. The summed E-state index contributed by atoms with van der Waals surface area (Å²) in [5.74, 6) is 0.0400. The molecule has 18 heavy (non-hydrogen) atoms. The van der Waals surface area contributed by atoms with Gasteiger partial charge in [-0.15, -0.1) is 0 Å². The van der Waals surface area contributed by atoms with Crippen molar-refractivity contribution >= 4 is 16.6 Å². The van der Waals surface area contributed by atoms with Crippen LogP contribution in [0.25, 0.3) is 10.8 Å². The lowest BCUT2D eigenvalue weighted by molar-refractivity contribution is 0.0106. The van der Waals surface area contributed by atoms with Crippen molar-refractivity contribution in [3.63, 3.8) is 0 Å². The summed E-state index contributed by atoms with van der Waals surface area (Å²) in [5.41, 5.74) is -0.0254. The lowest BCUT2D eigenvalue weighted by Crippen LogP contribution is -2.36. The van der Waals surface area contributed by atoms with Crippen LogP contribution in [0.1, 0.15) is 30.6 Å². The zero-order valence-corrected chi connectivity index (χ0v) is 11.1. The molecule has 2 heteroatoms. The van der Waals surface area contributed by atoms with Crippen molar-refractivity contribution in [1.29, 1.82) is 0 Å². The zero-order valence-electron chi connectivity index (χ0n) is 11.1. The van der Waals surface area contributed by atoms with E-state index in [0.29, 0.717) is 12.0 Å². The Balaban J connectivity index is 2.45. The largest absolute Gasteiger partial charge is 0.370 e. The highest BCUT2D eigenvalue weighted by Gasteiger charge is 2.31. The third-order valence-electron chi connectivity index (χ3n) is 3.62. The van der Waals surface area contributed by atoms with E-state index in [9.17, 15) is 4.79 Å². The number of methoxy groups -OCH3 is 1. The second-order valence-corrected chi connectivity index (χ2v) is 4.68. The van der Waals surface area contributed by atoms with Gasteiger partial charge in [0.15, 0.2) is 5.78 Å². The first-order valence-corrected chi connectivity index (χ1v) is 6.19. The molecule has 2 rings (SSSR count). The molecule has 1 atom stereocenters. The van der Waals surface area contributed by atoms with Crippen LogP contribution in [-0.4, -0.2) is 18.5 Å². The molecule has 0 heterocycles. The number of Topliss-reactive ketones (excluding diaryl/α,β-unsaturated/α-hetero) is 1. The van der Waals surface area contributed by atoms with Gasteiger partial charge in [-0.25, -0.2) is 0 Å². The normalized spacial score (nSPS) is 14.4. The molecule has 2 aromatic carbocycles. The Hall–Kier alpha value is -1.67. The van der Waals surface area contributed by atoms with E-state index >= 15 is 0 Å². The summed E-state index contributed by atoms with van der Waals surface area (Å²) >= 11 is 0. The standard InChI is InChI=1S/C16H18O2/c1-4-16(2,18-3)15(17)14-10-9-12-7-5-6-8-13(12)11-14/h5-11H,4H2,1-3H3. The predicted octanol–water partition coefficient (Wildman–Crippen LogP) is 3.84. The van der Waals surface area contributed by atoms with Crippen LogP contribution in [0.2, 0.25) is 0 Å². The van der Waals surface area contributed by atoms with E-state index in [2.05, 4.69) is 0 Å². The minimum absolute atomic E-state index is 0.0400. The van der Waals surface area contributed by atoms with Gasteiger partial charge in [0, 0.05) is 12.7 Å². The number of ketones is 1. The Morgan fingerprint density at radius 3 is 2.44 bits per heavy atom. The third-order valence-corrected chi connectivity index (χ3v) is 3.62. The van der Waals surface area contributed by atoms with E-state index in [-0.39, 0.29) is 5.78 Å². The maximum Gasteiger partial charge on any atom is 0.194 e. The minimum atomic E-state index is -0.734. The molecule has 2 nitrogen and oxygen atoms in total. The van der Waals surface area contributed by atoms with E-state index in [1.165, 1.54) is 0 Å². The van der Waals surface area contributed by atoms with Crippen molar-refractivity contribution in [2.45, 2.75) is 25.9 Å². The van der Waals surface area contributed by atoms with Crippen LogP contribution in [0.5, 0.6) is 0 Å². The molecule has 0 saturated carbocycles. The highest BCUT2D eigenvalue weighted by atomic mass is 16.5. The molecule has 0 amide bonds. The maximum atomic E-state index is 12.4. The number of benzene rings is 2. The van der Waals surface area contributed by atoms with Crippen LogP contribution in [0.4, 0.5) is 0 Å².